The van der Waals surface area contributed by atoms with Gasteiger partial charge < -0.3 is 15.7 Å². The second-order valence-corrected chi connectivity index (χ2v) is 4.48. The van der Waals surface area contributed by atoms with Crippen molar-refractivity contribution in [2.24, 2.45) is 0 Å². The number of carboxylic acids is 1. The number of aromatic nitrogens is 2. The molecular weight excluding hydrogens is 272 g/mol. The van der Waals surface area contributed by atoms with Crippen molar-refractivity contribution in [2.45, 2.75) is 18.9 Å². The van der Waals surface area contributed by atoms with Gasteiger partial charge in [0.25, 0.3) is 0 Å². The Labute approximate surface area is 121 Å². The molecule has 0 radical (unpaired) electrons. The topological polar surface area (TPSA) is 107 Å². The van der Waals surface area contributed by atoms with Gasteiger partial charge in [0.1, 0.15) is 0 Å². The van der Waals surface area contributed by atoms with Crippen LogP contribution in [-0.2, 0) is 4.79 Å². The predicted molar refractivity (Wildman–Crippen MR) is 76.8 cm³/mol. The van der Waals surface area contributed by atoms with Crippen molar-refractivity contribution in [2.75, 3.05) is 5.32 Å². The standard InChI is InChI=1S/C14H16N4O3/c19-13(20)7-6-12(10-4-2-1-3-5-10)18-14(21)17-11-8-15-16-9-11/h1-5,8-9,12H,6-7H2,(H,15,16)(H,19,20)(H2,17,18,21). The first-order chi connectivity index (χ1) is 10.1. The van der Waals surface area contributed by atoms with E-state index in [4.69, 9.17) is 5.11 Å². The fraction of sp³-hybridized carbons (Fsp3) is 0.214. The quantitative estimate of drug-likeness (QED) is 0.653. The van der Waals surface area contributed by atoms with Crippen LogP contribution in [0, 0.1) is 0 Å². The molecule has 2 rings (SSSR count). The summed E-state index contributed by atoms with van der Waals surface area (Å²) in [5.74, 6) is -0.895. The largest absolute Gasteiger partial charge is 0.481 e. The third kappa shape index (κ3) is 4.64. The summed E-state index contributed by atoms with van der Waals surface area (Å²) in [6.45, 7) is 0. The van der Waals surface area contributed by atoms with E-state index in [-0.39, 0.29) is 12.5 Å². The summed E-state index contributed by atoms with van der Waals surface area (Å²) in [4.78, 5) is 22.7. The number of aliphatic carboxylic acids is 1. The number of carbonyl (C=O) groups is 2. The molecule has 110 valence electrons. The van der Waals surface area contributed by atoms with Crippen LogP contribution in [0.5, 0.6) is 0 Å². The Balaban J connectivity index is 2.01. The molecule has 1 unspecified atom stereocenters. The first kappa shape index (κ1) is 14.6. The lowest BCUT2D eigenvalue weighted by atomic mass is 10.0. The normalized spacial score (nSPS) is 11.6. The molecule has 7 nitrogen and oxygen atoms in total. The molecule has 2 amide bonds. The number of H-pyrrole nitrogens is 1. The van der Waals surface area contributed by atoms with Crippen molar-refractivity contribution in [3.63, 3.8) is 0 Å². The van der Waals surface area contributed by atoms with Gasteiger partial charge >= 0.3 is 12.0 Å². The van der Waals surface area contributed by atoms with E-state index >= 15 is 0 Å². The molecule has 0 spiro atoms. The van der Waals surface area contributed by atoms with Crippen LogP contribution in [0.15, 0.2) is 42.7 Å². The van der Waals surface area contributed by atoms with Crippen LogP contribution in [0.3, 0.4) is 0 Å². The van der Waals surface area contributed by atoms with Crippen LogP contribution in [0.2, 0.25) is 0 Å². The Kier molecular flexibility index (Phi) is 4.92. The maximum atomic E-state index is 11.9. The lowest BCUT2D eigenvalue weighted by Crippen LogP contribution is -2.32. The highest BCUT2D eigenvalue weighted by Crippen LogP contribution is 2.18. The van der Waals surface area contributed by atoms with Gasteiger partial charge in [0.2, 0.25) is 0 Å². The van der Waals surface area contributed by atoms with Crippen molar-refractivity contribution in [3.8, 4) is 0 Å². The van der Waals surface area contributed by atoms with E-state index in [2.05, 4.69) is 20.8 Å². The maximum Gasteiger partial charge on any atom is 0.319 e. The lowest BCUT2D eigenvalue weighted by molar-refractivity contribution is -0.137. The number of anilines is 1. The molecule has 4 N–H and O–H groups in total. The number of carboxylic acid groups (broad SMARTS) is 1. The van der Waals surface area contributed by atoms with Crippen molar-refractivity contribution >= 4 is 17.7 Å². The number of nitrogens with one attached hydrogen (secondary N) is 3. The summed E-state index contributed by atoms with van der Waals surface area (Å²) < 4.78 is 0. The van der Waals surface area contributed by atoms with Crippen molar-refractivity contribution in [3.05, 3.63) is 48.3 Å². The molecule has 0 saturated carbocycles. The zero-order valence-corrected chi connectivity index (χ0v) is 11.2. The monoisotopic (exact) mass is 288 g/mol. The van der Waals surface area contributed by atoms with Gasteiger partial charge in [-0.25, -0.2) is 4.79 Å². The van der Waals surface area contributed by atoms with E-state index in [0.717, 1.165) is 5.56 Å². The van der Waals surface area contributed by atoms with Gasteiger partial charge in [-0.05, 0) is 12.0 Å². The predicted octanol–water partition coefficient (Wildman–Crippen LogP) is 2.14. The minimum absolute atomic E-state index is 0.0223. The summed E-state index contributed by atoms with van der Waals surface area (Å²) in [5.41, 5.74) is 1.40. The highest BCUT2D eigenvalue weighted by atomic mass is 16.4. The minimum atomic E-state index is -0.895. The average molecular weight is 288 g/mol. The second-order valence-electron chi connectivity index (χ2n) is 4.48. The Morgan fingerprint density at radius 3 is 2.67 bits per heavy atom. The van der Waals surface area contributed by atoms with E-state index in [1.54, 1.807) is 6.20 Å². The Morgan fingerprint density at radius 2 is 2.05 bits per heavy atom. The fourth-order valence-electron chi connectivity index (χ4n) is 1.92. The van der Waals surface area contributed by atoms with Crippen molar-refractivity contribution < 1.29 is 14.7 Å². The van der Waals surface area contributed by atoms with E-state index in [9.17, 15) is 9.59 Å². The van der Waals surface area contributed by atoms with Crippen LogP contribution in [0.1, 0.15) is 24.4 Å². The summed E-state index contributed by atoms with van der Waals surface area (Å²) in [6, 6.07) is 8.49. The Bertz CT molecular complexity index is 584. The smallest absolute Gasteiger partial charge is 0.319 e. The number of rotatable bonds is 6. The number of carbonyl (C=O) groups excluding carboxylic acids is 1. The molecule has 0 aliphatic carbocycles. The van der Waals surface area contributed by atoms with Gasteiger partial charge in [0.15, 0.2) is 0 Å². The molecule has 2 aromatic rings. The molecule has 1 aromatic heterocycles. The molecule has 7 heteroatoms. The van der Waals surface area contributed by atoms with Crippen LogP contribution in [0.4, 0.5) is 10.5 Å². The van der Waals surface area contributed by atoms with E-state index in [0.29, 0.717) is 12.1 Å². The zero-order valence-electron chi connectivity index (χ0n) is 11.2. The maximum absolute atomic E-state index is 11.9. The molecule has 21 heavy (non-hydrogen) atoms. The van der Waals surface area contributed by atoms with Crippen LogP contribution >= 0.6 is 0 Å². The molecule has 1 aromatic carbocycles. The van der Waals surface area contributed by atoms with Gasteiger partial charge in [-0.2, -0.15) is 5.10 Å². The Hall–Kier alpha value is -2.83. The highest BCUT2D eigenvalue weighted by Gasteiger charge is 2.16. The number of benzene rings is 1. The summed E-state index contributed by atoms with van der Waals surface area (Å²) >= 11 is 0. The number of hydrogen-bond acceptors (Lipinski definition) is 3. The number of hydrogen-bond donors (Lipinski definition) is 4. The molecule has 0 aliphatic rings. The molecule has 1 heterocycles. The molecule has 1 atom stereocenters. The molecule has 0 bridgehead atoms. The number of amides is 2. The van der Waals surface area contributed by atoms with Gasteiger partial charge in [-0.1, -0.05) is 30.3 Å². The Morgan fingerprint density at radius 1 is 1.29 bits per heavy atom. The average Bonchev–Trinajstić information content (AvgIpc) is 2.97. The van der Waals surface area contributed by atoms with Crippen LogP contribution in [-0.4, -0.2) is 27.3 Å². The van der Waals surface area contributed by atoms with Crippen molar-refractivity contribution in [1.82, 2.24) is 15.5 Å². The number of urea groups is 1. The van der Waals surface area contributed by atoms with Gasteiger partial charge in [-0.3, -0.25) is 9.89 Å². The lowest BCUT2D eigenvalue weighted by Gasteiger charge is -2.18. The fourth-order valence-corrected chi connectivity index (χ4v) is 1.92. The summed E-state index contributed by atoms with van der Waals surface area (Å²) in [5, 5.41) is 20.5. The van der Waals surface area contributed by atoms with Gasteiger partial charge in [0.05, 0.1) is 17.9 Å². The third-order valence-electron chi connectivity index (χ3n) is 2.91. The van der Waals surface area contributed by atoms with Gasteiger partial charge in [0, 0.05) is 12.6 Å². The van der Waals surface area contributed by atoms with E-state index in [1.165, 1.54) is 6.20 Å². The van der Waals surface area contributed by atoms with E-state index < -0.39 is 12.0 Å². The zero-order chi connectivity index (χ0) is 15.1. The highest BCUT2D eigenvalue weighted by molar-refractivity contribution is 5.89. The first-order valence-electron chi connectivity index (χ1n) is 6.48. The summed E-state index contributed by atoms with van der Waals surface area (Å²) in [7, 11) is 0. The van der Waals surface area contributed by atoms with Crippen molar-refractivity contribution in [1.29, 1.82) is 0 Å². The minimum Gasteiger partial charge on any atom is -0.481 e. The molecule has 0 saturated heterocycles. The number of nitrogens with zero attached hydrogens (tertiary/aromatic N) is 1. The molecule has 0 aliphatic heterocycles. The first-order valence-corrected chi connectivity index (χ1v) is 6.48. The third-order valence-corrected chi connectivity index (χ3v) is 2.91. The van der Waals surface area contributed by atoms with E-state index in [1.807, 2.05) is 30.3 Å². The van der Waals surface area contributed by atoms with Crippen LogP contribution < -0.4 is 10.6 Å². The second kappa shape index (κ2) is 7.09. The molecular formula is C14H16N4O3. The van der Waals surface area contributed by atoms with Crippen LogP contribution in [0.25, 0.3) is 0 Å². The van der Waals surface area contributed by atoms with Gasteiger partial charge in [-0.15, -0.1) is 0 Å². The number of aromatic amines is 1. The SMILES string of the molecule is O=C(O)CCC(NC(=O)Nc1cn[nH]c1)c1ccccc1. The molecule has 0 fully saturated rings. The summed E-state index contributed by atoms with van der Waals surface area (Å²) in [6.07, 6.45) is 3.33.